The molecule has 2 aromatic heterocycles. The first-order chi connectivity index (χ1) is 10.4. The van der Waals surface area contributed by atoms with Gasteiger partial charge >= 0.3 is 0 Å². The van der Waals surface area contributed by atoms with Crippen LogP contribution in [-0.2, 0) is 0 Å². The van der Waals surface area contributed by atoms with E-state index < -0.39 is 0 Å². The molecule has 0 atom stereocenters. The summed E-state index contributed by atoms with van der Waals surface area (Å²) in [5, 5.41) is 22.5. The third-order valence-electron chi connectivity index (χ3n) is 2.78. The number of aliphatic hydroxyl groups is 1. The van der Waals surface area contributed by atoms with Crippen LogP contribution in [0.2, 0.25) is 0 Å². The number of benzene rings is 1. The highest BCUT2D eigenvalue weighted by atomic mass is 16.6. The summed E-state index contributed by atoms with van der Waals surface area (Å²) in [6.45, 7) is 0.682. The van der Waals surface area contributed by atoms with E-state index in [1.807, 2.05) is 30.3 Å². The molecule has 0 amide bonds. The standard InChI is InChI=1S/C13H14N6O2/c20-8-4-7-14-10-11(15-9-5-2-1-3-6-9)17-13-12(16-10)18-21-19-13/h1-3,5-6,20H,4,7-8H2,(H,14,16,18)(H,15,17,19). The number of nitrogens with one attached hydrogen (secondary N) is 2. The molecular formula is C13H14N6O2. The van der Waals surface area contributed by atoms with Crippen molar-refractivity contribution in [1.82, 2.24) is 20.3 Å². The van der Waals surface area contributed by atoms with Gasteiger partial charge in [0.15, 0.2) is 11.6 Å². The highest BCUT2D eigenvalue weighted by molar-refractivity contribution is 5.76. The number of anilines is 3. The molecule has 3 aromatic rings. The van der Waals surface area contributed by atoms with Crippen molar-refractivity contribution in [2.24, 2.45) is 0 Å². The Morgan fingerprint density at radius 3 is 2.43 bits per heavy atom. The molecular weight excluding hydrogens is 272 g/mol. The topological polar surface area (TPSA) is 109 Å². The second kappa shape index (κ2) is 6.14. The summed E-state index contributed by atoms with van der Waals surface area (Å²) in [4.78, 5) is 8.66. The number of aliphatic hydroxyl groups excluding tert-OH is 1. The maximum atomic E-state index is 8.86. The SMILES string of the molecule is OCCCNc1nc2nonc2nc1Nc1ccccc1. The van der Waals surface area contributed by atoms with Crippen molar-refractivity contribution < 1.29 is 9.74 Å². The molecule has 0 radical (unpaired) electrons. The molecule has 0 aliphatic heterocycles. The summed E-state index contributed by atoms with van der Waals surface area (Å²) < 4.78 is 4.63. The van der Waals surface area contributed by atoms with Crippen LogP contribution in [0, 0.1) is 0 Å². The number of rotatable bonds is 6. The van der Waals surface area contributed by atoms with Crippen LogP contribution in [0.3, 0.4) is 0 Å². The third-order valence-corrected chi connectivity index (χ3v) is 2.78. The van der Waals surface area contributed by atoms with Gasteiger partial charge in [-0.25, -0.2) is 14.6 Å². The molecule has 2 heterocycles. The number of para-hydroxylation sites is 1. The van der Waals surface area contributed by atoms with Gasteiger partial charge in [0.2, 0.25) is 11.3 Å². The number of aromatic nitrogens is 4. The second-order valence-electron chi connectivity index (χ2n) is 4.33. The Labute approximate surface area is 120 Å². The monoisotopic (exact) mass is 286 g/mol. The molecule has 0 fully saturated rings. The van der Waals surface area contributed by atoms with Crippen LogP contribution in [-0.4, -0.2) is 38.5 Å². The van der Waals surface area contributed by atoms with E-state index in [0.717, 1.165) is 5.69 Å². The molecule has 0 spiro atoms. The maximum absolute atomic E-state index is 8.86. The van der Waals surface area contributed by atoms with Gasteiger partial charge in [-0.3, -0.25) is 0 Å². The zero-order valence-electron chi connectivity index (χ0n) is 11.2. The quantitative estimate of drug-likeness (QED) is 0.586. The van der Waals surface area contributed by atoms with Gasteiger partial charge in [-0.05, 0) is 28.9 Å². The normalized spacial score (nSPS) is 10.7. The van der Waals surface area contributed by atoms with Crippen LogP contribution in [0.4, 0.5) is 17.3 Å². The van der Waals surface area contributed by atoms with E-state index in [0.29, 0.717) is 35.9 Å². The van der Waals surface area contributed by atoms with E-state index in [-0.39, 0.29) is 6.61 Å². The second-order valence-corrected chi connectivity index (χ2v) is 4.33. The Kier molecular flexibility index (Phi) is 3.88. The van der Waals surface area contributed by atoms with Crippen molar-refractivity contribution >= 4 is 28.6 Å². The number of hydrogen-bond acceptors (Lipinski definition) is 8. The minimum atomic E-state index is 0.107. The Balaban J connectivity index is 1.91. The Hall–Kier alpha value is -2.74. The molecule has 0 saturated heterocycles. The van der Waals surface area contributed by atoms with Crippen molar-refractivity contribution in [1.29, 1.82) is 0 Å². The summed E-state index contributed by atoms with van der Waals surface area (Å²) in [6.07, 6.45) is 0.613. The first-order valence-electron chi connectivity index (χ1n) is 6.54. The maximum Gasteiger partial charge on any atom is 0.245 e. The van der Waals surface area contributed by atoms with Crippen molar-refractivity contribution in [2.45, 2.75) is 6.42 Å². The predicted octanol–water partition coefficient (Wildman–Crippen LogP) is 1.55. The molecule has 108 valence electrons. The number of fused-ring (bicyclic) bond motifs is 1. The van der Waals surface area contributed by atoms with Crippen LogP contribution in [0.1, 0.15) is 6.42 Å². The lowest BCUT2D eigenvalue weighted by molar-refractivity contribution is 0.292. The first kappa shape index (κ1) is 13.3. The summed E-state index contributed by atoms with van der Waals surface area (Å²) in [6, 6.07) is 9.62. The van der Waals surface area contributed by atoms with E-state index in [2.05, 4.69) is 35.5 Å². The molecule has 0 saturated carbocycles. The molecule has 3 rings (SSSR count). The van der Waals surface area contributed by atoms with E-state index >= 15 is 0 Å². The molecule has 0 aliphatic carbocycles. The first-order valence-corrected chi connectivity index (χ1v) is 6.54. The van der Waals surface area contributed by atoms with Crippen LogP contribution < -0.4 is 10.6 Å². The van der Waals surface area contributed by atoms with E-state index in [1.54, 1.807) is 0 Å². The van der Waals surface area contributed by atoms with Gasteiger partial charge in [0.25, 0.3) is 0 Å². The van der Waals surface area contributed by atoms with Gasteiger partial charge in [0, 0.05) is 18.8 Å². The largest absolute Gasteiger partial charge is 0.396 e. The number of nitrogens with zero attached hydrogens (tertiary/aromatic N) is 4. The van der Waals surface area contributed by atoms with E-state index in [9.17, 15) is 0 Å². The molecule has 8 heteroatoms. The average molecular weight is 286 g/mol. The zero-order valence-corrected chi connectivity index (χ0v) is 11.2. The number of hydrogen-bond donors (Lipinski definition) is 3. The van der Waals surface area contributed by atoms with Gasteiger partial charge in [0.1, 0.15) is 0 Å². The molecule has 0 aliphatic rings. The van der Waals surface area contributed by atoms with Gasteiger partial charge in [-0.1, -0.05) is 18.2 Å². The van der Waals surface area contributed by atoms with Crippen molar-refractivity contribution in [3.8, 4) is 0 Å². The predicted molar refractivity (Wildman–Crippen MR) is 77.3 cm³/mol. The van der Waals surface area contributed by atoms with Crippen LogP contribution in [0.5, 0.6) is 0 Å². The fourth-order valence-corrected chi connectivity index (χ4v) is 1.79. The third kappa shape index (κ3) is 3.06. The minimum absolute atomic E-state index is 0.107. The zero-order chi connectivity index (χ0) is 14.5. The lowest BCUT2D eigenvalue weighted by Crippen LogP contribution is -2.09. The summed E-state index contributed by atoms with van der Waals surface area (Å²) >= 11 is 0. The van der Waals surface area contributed by atoms with Gasteiger partial charge < -0.3 is 15.7 Å². The highest BCUT2D eigenvalue weighted by Crippen LogP contribution is 2.23. The molecule has 1 aromatic carbocycles. The van der Waals surface area contributed by atoms with Crippen molar-refractivity contribution in [3.05, 3.63) is 30.3 Å². The van der Waals surface area contributed by atoms with Gasteiger partial charge in [-0.15, -0.1) is 0 Å². The lowest BCUT2D eigenvalue weighted by Gasteiger charge is -2.11. The molecule has 0 bridgehead atoms. The summed E-state index contributed by atoms with van der Waals surface area (Å²) in [7, 11) is 0. The highest BCUT2D eigenvalue weighted by Gasteiger charge is 2.12. The Morgan fingerprint density at radius 1 is 1.00 bits per heavy atom. The van der Waals surface area contributed by atoms with Gasteiger partial charge in [-0.2, -0.15) is 0 Å². The smallest absolute Gasteiger partial charge is 0.245 e. The van der Waals surface area contributed by atoms with Gasteiger partial charge in [0.05, 0.1) is 0 Å². The van der Waals surface area contributed by atoms with Crippen LogP contribution in [0.15, 0.2) is 35.0 Å². The Morgan fingerprint density at radius 2 is 1.71 bits per heavy atom. The minimum Gasteiger partial charge on any atom is -0.396 e. The summed E-state index contributed by atoms with van der Waals surface area (Å²) in [5.74, 6) is 1.07. The Bertz CT molecular complexity index is 715. The van der Waals surface area contributed by atoms with Crippen LogP contribution >= 0.6 is 0 Å². The average Bonchev–Trinajstić information content (AvgIpc) is 2.96. The van der Waals surface area contributed by atoms with Crippen molar-refractivity contribution in [2.75, 3.05) is 23.8 Å². The molecule has 0 unspecified atom stereocenters. The van der Waals surface area contributed by atoms with Crippen LogP contribution in [0.25, 0.3) is 11.3 Å². The molecule has 21 heavy (non-hydrogen) atoms. The van der Waals surface area contributed by atoms with E-state index in [1.165, 1.54) is 0 Å². The van der Waals surface area contributed by atoms with E-state index in [4.69, 9.17) is 5.11 Å². The molecule has 3 N–H and O–H groups in total. The van der Waals surface area contributed by atoms with Crippen molar-refractivity contribution in [3.63, 3.8) is 0 Å². The molecule has 8 nitrogen and oxygen atoms in total. The summed E-state index contributed by atoms with van der Waals surface area (Å²) in [5.41, 5.74) is 1.55. The lowest BCUT2D eigenvalue weighted by atomic mass is 10.3. The fraction of sp³-hybridized carbons (Fsp3) is 0.231. The fourth-order valence-electron chi connectivity index (χ4n) is 1.79.